The minimum atomic E-state index is 0.174. The molecule has 0 radical (unpaired) electrons. The normalized spacial score (nSPS) is 13.0. The highest BCUT2D eigenvalue weighted by Crippen LogP contribution is 2.27. The summed E-state index contributed by atoms with van der Waals surface area (Å²) in [5.41, 5.74) is 2.92. The van der Waals surface area contributed by atoms with Gasteiger partial charge in [-0.15, -0.1) is 4.91 Å². The summed E-state index contributed by atoms with van der Waals surface area (Å²) in [5.74, 6) is 0.625. The summed E-state index contributed by atoms with van der Waals surface area (Å²) in [6.45, 7) is 0.174. The summed E-state index contributed by atoms with van der Waals surface area (Å²) in [6, 6.07) is 15.0. The van der Waals surface area contributed by atoms with Gasteiger partial charge in [0.1, 0.15) is 0 Å². The van der Waals surface area contributed by atoms with Crippen molar-refractivity contribution in [2.24, 2.45) is 10.3 Å². The highest BCUT2D eigenvalue weighted by Gasteiger charge is 2.24. The smallest absolute Gasteiger partial charge is 0.228 e. The molecule has 1 aliphatic heterocycles. The van der Waals surface area contributed by atoms with Crippen LogP contribution in [0.15, 0.2) is 58.9 Å². The van der Waals surface area contributed by atoms with Gasteiger partial charge in [0, 0.05) is 17.6 Å². The van der Waals surface area contributed by atoms with Crippen molar-refractivity contribution in [3.8, 4) is 0 Å². The molecule has 24 heavy (non-hydrogen) atoms. The molecule has 0 fully saturated rings. The van der Waals surface area contributed by atoms with Gasteiger partial charge in [0.2, 0.25) is 12.3 Å². The number of aliphatic imine (C=N–C) groups is 1. The average molecular weight is 347 g/mol. The molecule has 8 heteroatoms. The van der Waals surface area contributed by atoms with E-state index in [1.54, 1.807) is 19.2 Å². The molecule has 2 N–H and O–H groups in total. The number of benzene rings is 2. The van der Waals surface area contributed by atoms with E-state index in [0.29, 0.717) is 16.6 Å². The van der Waals surface area contributed by atoms with Crippen LogP contribution in [0.1, 0.15) is 11.1 Å². The second-order valence-corrected chi connectivity index (χ2v) is 5.24. The minimum Gasteiger partial charge on any atom is -0.623 e. The predicted octanol–water partition coefficient (Wildman–Crippen LogP) is 3.09. The molecule has 0 amide bonds. The van der Waals surface area contributed by atoms with Crippen molar-refractivity contribution in [1.29, 1.82) is 0 Å². The predicted molar refractivity (Wildman–Crippen MR) is 93.3 cm³/mol. The first-order chi connectivity index (χ1) is 11.6. The summed E-state index contributed by atoms with van der Waals surface area (Å²) in [5, 5.41) is 24.0. The van der Waals surface area contributed by atoms with E-state index in [9.17, 15) is 5.21 Å². The number of halogens is 1. The Morgan fingerprint density at radius 1 is 1.29 bits per heavy atom. The van der Waals surface area contributed by atoms with Crippen LogP contribution < -0.4 is 5.32 Å². The fourth-order valence-electron chi connectivity index (χ4n) is 2.36. The second kappa shape index (κ2) is 8.07. The summed E-state index contributed by atoms with van der Waals surface area (Å²) in [4.78, 5) is 12.6. The summed E-state index contributed by atoms with van der Waals surface area (Å²) in [7, 11) is 1.76. The number of fused-ring (bicyclic) bond motifs is 1. The van der Waals surface area contributed by atoms with Crippen molar-refractivity contribution in [3.63, 3.8) is 0 Å². The molecule has 2 aromatic carbocycles. The Balaban J connectivity index is 0.000000647. The maximum Gasteiger partial charge on any atom is 0.228 e. The van der Waals surface area contributed by atoms with Crippen LogP contribution in [0.4, 0.5) is 5.69 Å². The van der Waals surface area contributed by atoms with E-state index in [-0.39, 0.29) is 6.54 Å². The number of likely N-dealkylation sites (N-methyl/N-ethyl adjacent to an activating group) is 1. The second-order valence-electron chi connectivity index (χ2n) is 4.80. The fraction of sp³-hybridized carbons (Fsp3) is 0.125. The summed E-state index contributed by atoms with van der Waals surface area (Å²) < 4.78 is 0.951. The van der Waals surface area contributed by atoms with Gasteiger partial charge in [-0.2, -0.15) is 4.74 Å². The SMILES string of the molecule is CNC1=Nc2ccc(Cl)cc2C(c2ccccc2)=[N+]([O-])C1.O=NO. The van der Waals surface area contributed by atoms with E-state index in [4.69, 9.17) is 21.7 Å². The summed E-state index contributed by atoms with van der Waals surface area (Å²) >= 11 is 6.10. The lowest BCUT2D eigenvalue weighted by atomic mass is 10.0. The molecule has 124 valence electrons. The van der Waals surface area contributed by atoms with Gasteiger partial charge in [0.15, 0.2) is 11.2 Å². The number of nitrogens with one attached hydrogen (secondary N) is 1. The van der Waals surface area contributed by atoms with Crippen molar-refractivity contribution in [3.05, 3.63) is 74.8 Å². The molecule has 0 aliphatic carbocycles. The van der Waals surface area contributed by atoms with Crippen molar-refractivity contribution in [2.45, 2.75) is 0 Å². The number of rotatable bonds is 1. The van der Waals surface area contributed by atoms with Crippen LogP contribution in [0.3, 0.4) is 0 Å². The maximum absolute atomic E-state index is 12.6. The minimum absolute atomic E-state index is 0.174. The van der Waals surface area contributed by atoms with E-state index in [2.05, 4.69) is 10.3 Å². The largest absolute Gasteiger partial charge is 0.623 e. The first-order valence-electron chi connectivity index (χ1n) is 6.99. The lowest BCUT2D eigenvalue weighted by Gasteiger charge is -2.10. The van der Waals surface area contributed by atoms with Gasteiger partial charge in [-0.3, -0.25) is 0 Å². The zero-order chi connectivity index (χ0) is 17.5. The first-order valence-corrected chi connectivity index (χ1v) is 7.37. The number of hydrogen-bond donors (Lipinski definition) is 2. The van der Waals surface area contributed by atoms with Crippen LogP contribution in [-0.2, 0) is 0 Å². The Morgan fingerprint density at radius 2 is 1.96 bits per heavy atom. The molecule has 0 spiro atoms. The first kappa shape index (κ1) is 17.4. The van der Waals surface area contributed by atoms with Crippen LogP contribution >= 0.6 is 11.6 Å². The molecular weight excluding hydrogens is 332 g/mol. The molecule has 2 aromatic rings. The van der Waals surface area contributed by atoms with Crippen LogP contribution in [0.25, 0.3) is 0 Å². The molecule has 3 rings (SSSR count). The Hall–Kier alpha value is -2.93. The van der Waals surface area contributed by atoms with Gasteiger partial charge >= 0.3 is 0 Å². The number of nitrogens with zero attached hydrogens (tertiary/aromatic N) is 3. The van der Waals surface area contributed by atoms with Crippen LogP contribution in [-0.4, -0.2) is 35.1 Å². The van der Waals surface area contributed by atoms with E-state index < -0.39 is 0 Å². The summed E-state index contributed by atoms with van der Waals surface area (Å²) in [6.07, 6.45) is 0. The van der Waals surface area contributed by atoms with Crippen molar-refractivity contribution in [2.75, 3.05) is 13.6 Å². The van der Waals surface area contributed by atoms with E-state index in [0.717, 1.165) is 21.6 Å². The van der Waals surface area contributed by atoms with Gasteiger partial charge in [0.25, 0.3) is 0 Å². The van der Waals surface area contributed by atoms with Gasteiger partial charge in [-0.05, 0) is 30.3 Å². The van der Waals surface area contributed by atoms with Gasteiger partial charge in [0.05, 0.1) is 11.3 Å². The molecule has 1 aliphatic rings. The Kier molecular flexibility index (Phi) is 5.86. The topological polar surface area (TPSA) is 100 Å². The Morgan fingerprint density at radius 3 is 2.58 bits per heavy atom. The highest BCUT2D eigenvalue weighted by molar-refractivity contribution is 6.31. The van der Waals surface area contributed by atoms with Gasteiger partial charge in [-0.1, -0.05) is 29.8 Å². The molecule has 1 heterocycles. The van der Waals surface area contributed by atoms with Crippen molar-refractivity contribution in [1.82, 2.24) is 5.32 Å². The van der Waals surface area contributed by atoms with E-state index in [1.165, 1.54) is 5.34 Å². The maximum atomic E-state index is 12.6. The molecule has 0 aromatic heterocycles. The quantitative estimate of drug-likeness (QED) is 0.358. The van der Waals surface area contributed by atoms with E-state index >= 15 is 0 Å². The monoisotopic (exact) mass is 346 g/mol. The van der Waals surface area contributed by atoms with Crippen molar-refractivity contribution >= 4 is 28.8 Å². The standard InChI is InChI=1S/C16H14ClN3O.HNO2/c1-18-15-10-20(21)16(11-5-3-2-4-6-11)13-9-12(17)7-8-14(13)19-15;2-1-3/h2-9H,10H2,1H3,(H,18,19);(H,2,3). The fourth-order valence-corrected chi connectivity index (χ4v) is 2.53. The Bertz CT molecular complexity index is 791. The highest BCUT2D eigenvalue weighted by atomic mass is 35.5. The molecule has 0 saturated carbocycles. The average Bonchev–Trinajstić information content (AvgIpc) is 2.71. The third-order valence-electron chi connectivity index (χ3n) is 3.35. The van der Waals surface area contributed by atoms with Gasteiger partial charge < -0.3 is 15.7 Å². The number of hydrogen-bond acceptors (Lipinski definition) is 5. The zero-order valence-electron chi connectivity index (χ0n) is 12.8. The number of hydroxylamine groups is 1. The van der Waals surface area contributed by atoms with E-state index in [1.807, 2.05) is 36.4 Å². The number of amidine groups is 1. The van der Waals surface area contributed by atoms with Crippen LogP contribution in [0, 0.1) is 10.1 Å². The molecular formula is C16H15ClN4O3. The lowest BCUT2D eigenvalue weighted by Crippen LogP contribution is -2.29. The molecule has 0 unspecified atom stereocenters. The van der Waals surface area contributed by atoms with Crippen molar-refractivity contribution < 1.29 is 9.95 Å². The molecule has 7 nitrogen and oxygen atoms in total. The third kappa shape index (κ3) is 3.88. The zero-order valence-corrected chi connectivity index (χ0v) is 13.6. The molecule has 0 atom stereocenters. The lowest BCUT2D eigenvalue weighted by molar-refractivity contribution is -0.439. The van der Waals surface area contributed by atoms with Crippen LogP contribution in [0.5, 0.6) is 0 Å². The molecule has 0 saturated heterocycles. The Labute approximate surface area is 143 Å². The van der Waals surface area contributed by atoms with Crippen LogP contribution in [0.2, 0.25) is 5.02 Å². The third-order valence-corrected chi connectivity index (χ3v) is 3.58. The van der Waals surface area contributed by atoms with Gasteiger partial charge in [-0.25, -0.2) is 4.99 Å². The molecule has 0 bridgehead atoms.